The molecule has 2 amide bonds. The second-order valence-electron chi connectivity index (χ2n) is 10.9. The van der Waals surface area contributed by atoms with Gasteiger partial charge in [-0.25, -0.2) is 9.59 Å². The van der Waals surface area contributed by atoms with Crippen LogP contribution in [0.15, 0.2) is 79.1 Å². The van der Waals surface area contributed by atoms with Crippen LogP contribution < -0.4 is 10.6 Å². The molecule has 4 rings (SSSR count). The van der Waals surface area contributed by atoms with Crippen molar-refractivity contribution in [1.82, 2.24) is 10.3 Å². The fourth-order valence-corrected chi connectivity index (χ4v) is 4.31. The molecule has 1 unspecified atom stereocenters. The van der Waals surface area contributed by atoms with Crippen molar-refractivity contribution in [3.63, 3.8) is 0 Å². The largest absolute Gasteiger partial charge is 0.457 e. The molecule has 41 heavy (non-hydrogen) atoms. The minimum Gasteiger partial charge on any atom is -0.457 e. The summed E-state index contributed by atoms with van der Waals surface area (Å²) >= 11 is 0. The molecule has 2 N–H and O–H groups in total. The second kappa shape index (κ2) is 12.6. The monoisotopic (exact) mass is 554 g/mol. The van der Waals surface area contributed by atoms with Crippen LogP contribution in [-0.2, 0) is 20.9 Å². The zero-order valence-corrected chi connectivity index (χ0v) is 23.9. The minimum atomic E-state index is -0.746. The second-order valence-corrected chi connectivity index (χ2v) is 10.9. The summed E-state index contributed by atoms with van der Waals surface area (Å²) in [4.78, 5) is 42.5. The van der Waals surface area contributed by atoms with Crippen LogP contribution in [0.3, 0.4) is 0 Å². The molecule has 8 heteroatoms. The van der Waals surface area contributed by atoms with Crippen molar-refractivity contribution in [2.45, 2.75) is 52.7 Å². The molecule has 1 heterocycles. The third kappa shape index (κ3) is 8.14. The lowest BCUT2D eigenvalue weighted by atomic mass is 9.96. The smallest absolute Gasteiger partial charge is 0.407 e. The Morgan fingerprint density at radius 3 is 2.41 bits per heavy atom. The van der Waals surface area contributed by atoms with Gasteiger partial charge < -0.3 is 20.1 Å². The van der Waals surface area contributed by atoms with Crippen LogP contribution in [0, 0.1) is 13.8 Å². The lowest BCUT2D eigenvalue weighted by Gasteiger charge is -2.22. The first-order valence-electron chi connectivity index (χ1n) is 13.9. The lowest BCUT2D eigenvalue weighted by Crippen LogP contribution is -2.37. The molecule has 212 valence electrons. The van der Waals surface area contributed by atoms with Crippen LogP contribution in [-0.4, -0.2) is 35.1 Å². The summed E-state index contributed by atoms with van der Waals surface area (Å²) in [5.74, 6) is -1.48. The maximum Gasteiger partial charge on any atom is 0.407 e. The SMILES string of the molecule is [2H]c1nccc2cc(NC(=O)C(CNC(=O)OC(C)(C)C)c3ccc(COC(=O)c4ccc(C)cc4C)cc3)ccc12. The van der Waals surface area contributed by atoms with E-state index < -0.39 is 23.6 Å². The van der Waals surface area contributed by atoms with E-state index in [4.69, 9.17) is 10.8 Å². The number of pyridine rings is 1. The number of hydrogen-bond acceptors (Lipinski definition) is 6. The van der Waals surface area contributed by atoms with E-state index in [1.54, 1.807) is 81.6 Å². The predicted molar refractivity (Wildman–Crippen MR) is 159 cm³/mol. The maximum atomic E-state index is 13.5. The highest BCUT2D eigenvalue weighted by atomic mass is 16.6. The van der Waals surface area contributed by atoms with Crippen molar-refractivity contribution in [2.75, 3.05) is 11.9 Å². The summed E-state index contributed by atoms with van der Waals surface area (Å²) < 4.78 is 18.8. The van der Waals surface area contributed by atoms with Crippen molar-refractivity contribution in [1.29, 1.82) is 0 Å². The molecule has 8 nitrogen and oxygen atoms in total. The van der Waals surface area contributed by atoms with E-state index in [1.165, 1.54) is 0 Å². The van der Waals surface area contributed by atoms with E-state index in [1.807, 2.05) is 26.0 Å². The summed E-state index contributed by atoms with van der Waals surface area (Å²) in [6.45, 7) is 9.20. The number of ether oxygens (including phenoxy) is 2. The van der Waals surface area contributed by atoms with Gasteiger partial charge >= 0.3 is 12.1 Å². The predicted octanol–water partition coefficient (Wildman–Crippen LogP) is 6.46. The van der Waals surface area contributed by atoms with Gasteiger partial charge in [-0.3, -0.25) is 9.78 Å². The third-order valence-electron chi connectivity index (χ3n) is 6.35. The van der Waals surface area contributed by atoms with Crippen molar-refractivity contribution in [3.05, 3.63) is 107 Å². The molecule has 0 fully saturated rings. The normalized spacial score (nSPS) is 12.3. The van der Waals surface area contributed by atoms with Crippen LogP contribution in [0.4, 0.5) is 10.5 Å². The lowest BCUT2D eigenvalue weighted by molar-refractivity contribution is -0.117. The average Bonchev–Trinajstić information content (AvgIpc) is 2.91. The van der Waals surface area contributed by atoms with Gasteiger partial charge in [-0.2, -0.15) is 0 Å². The number of esters is 1. The zero-order valence-electron chi connectivity index (χ0n) is 24.9. The number of nitrogens with zero attached hydrogens (tertiary/aromatic N) is 1. The Kier molecular flexibility index (Phi) is 8.58. The highest BCUT2D eigenvalue weighted by molar-refractivity contribution is 5.98. The molecule has 1 atom stereocenters. The van der Waals surface area contributed by atoms with E-state index in [0.717, 1.165) is 22.1 Å². The Morgan fingerprint density at radius 2 is 1.71 bits per heavy atom. The number of nitrogens with one attached hydrogen (secondary N) is 2. The quantitative estimate of drug-likeness (QED) is 0.242. The van der Waals surface area contributed by atoms with Gasteiger partial charge in [0.15, 0.2) is 0 Å². The fraction of sp³-hybridized carbons (Fsp3) is 0.273. The molecule has 1 aromatic heterocycles. The molecule has 0 bridgehead atoms. The number of aryl methyl sites for hydroxylation is 2. The Hall–Kier alpha value is -4.72. The number of hydrogen-bond donors (Lipinski definition) is 2. The van der Waals surface area contributed by atoms with Crippen LogP contribution in [0.2, 0.25) is 0 Å². The van der Waals surface area contributed by atoms with E-state index in [-0.39, 0.29) is 25.2 Å². The van der Waals surface area contributed by atoms with Gasteiger partial charge in [0.2, 0.25) is 5.91 Å². The van der Waals surface area contributed by atoms with Gasteiger partial charge in [-0.1, -0.05) is 48.0 Å². The first kappa shape index (κ1) is 27.8. The number of benzene rings is 3. The van der Waals surface area contributed by atoms with Gasteiger partial charge in [0.1, 0.15) is 12.2 Å². The molecular formula is C33H35N3O5. The summed E-state index contributed by atoms with van der Waals surface area (Å²) in [5, 5.41) is 7.07. The first-order valence-corrected chi connectivity index (χ1v) is 13.4. The van der Waals surface area contributed by atoms with E-state index in [2.05, 4.69) is 15.6 Å². The summed E-state index contributed by atoms with van der Waals surface area (Å²) in [7, 11) is 0. The topological polar surface area (TPSA) is 107 Å². The summed E-state index contributed by atoms with van der Waals surface area (Å²) in [6.07, 6.45) is 1.07. The van der Waals surface area contributed by atoms with Gasteiger partial charge in [0.05, 0.1) is 12.9 Å². The summed E-state index contributed by atoms with van der Waals surface area (Å²) in [5.41, 5.74) is 3.72. The minimum absolute atomic E-state index is 0.00382. The van der Waals surface area contributed by atoms with E-state index >= 15 is 0 Å². The number of carbonyl (C=O) groups is 3. The number of carbonyl (C=O) groups excluding carboxylic acids is 3. The third-order valence-corrected chi connectivity index (χ3v) is 6.35. The van der Waals surface area contributed by atoms with Crippen LogP contribution in [0.25, 0.3) is 10.8 Å². The van der Waals surface area contributed by atoms with Gasteiger partial charge in [-0.05, 0) is 81.0 Å². The van der Waals surface area contributed by atoms with Gasteiger partial charge in [0.25, 0.3) is 0 Å². The van der Waals surface area contributed by atoms with Crippen molar-refractivity contribution in [2.24, 2.45) is 0 Å². The van der Waals surface area contributed by atoms with Crippen molar-refractivity contribution < 1.29 is 25.2 Å². The standard InChI is InChI=1S/C33H35N3O5/c1-21-6-13-28(22(2)16-21)31(38)40-20-23-7-9-24(10-8-23)29(19-35-32(39)41-33(3,4)5)30(37)36-27-12-11-26-18-34-15-14-25(26)17-27/h6-18,29H,19-20H2,1-5H3,(H,35,39)(H,36,37)/i18D. The van der Waals surface area contributed by atoms with Crippen molar-refractivity contribution >= 4 is 34.4 Å². The first-order chi connectivity index (χ1) is 19.9. The number of anilines is 1. The molecule has 0 aliphatic carbocycles. The van der Waals surface area contributed by atoms with Gasteiger partial charge in [0, 0.05) is 30.0 Å². The number of aromatic nitrogens is 1. The highest BCUT2D eigenvalue weighted by Gasteiger charge is 2.24. The Balaban J connectivity index is 1.49. The fourth-order valence-electron chi connectivity index (χ4n) is 4.31. The van der Waals surface area contributed by atoms with Crippen LogP contribution >= 0.6 is 0 Å². The van der Waals surface area contributed by atoms with E-state index in [0.29, 0.717) is 22.2 Å². The molecule has 4 aromatic rings. The number of alkyl carbamates (subject to hydrolysis) is 1. The Bertz CT molecular complexity index is 1610. The van der Waals surface area contributed by atoms with Crippen molar-refractivity contribution in [3.8, 4) is 0 Å². The highest BCUT2D eigenvalue weighted by Crippen LogP contribution is 2.23. The number of rotatable bonds is 8. The molecule has 0 aliphatic rings. The Labute approximate surface area is 241 Å². The van der Waals surface area contributed by atoms with Crippen LogP contribution in [0.1, 0.15) is 60.7 Å². The maximum absolute atomic E-state index is 13.5. The van der Waals surface area contributed by atoms with Gasteiger partial charge in [-0.15, -0.1) is 0 Å². The summed E-state index contributed by atoms with van der Waals surface area (Å²) in [6, 6.07) is 19.7. The molecule has 0 saturated carbocycles. The molecule has 3 aromatic carbocycles. The average molecular weight is 555 g/mol. The molecule has 0 saturated heterocycles. The van der Waals surface area contributed by atoms with Crippen LogP contribution in [0.5, 0.6) is 0 Å². The zero-order chi connectivity index (χ0) is 30.4. The molecular weight excluding hydrogens is 518 g/mol. The molecule has 0 spiro atoms. The number of fused-ring (bicyclic) bond motifs is 1. The van der Waals surface area contributed by atoms with E-state index in [9.17, 15) is 14.4 Å². The number of amides is 2. The molecule has 0 aliphatic heterocycles. The Morgan fingerprint density at radius 1 is 0.951 bits per heavy atom. The molecule has 0 radical (unpaired) electrons.